The molecule has 0 aliphatic carbocycles. The number of furan rings is 1. The second-order valence-corrected chi connectivity index (χ2v) is 6.69. The molecule has 24 heavy (non-hydrogen) atoms. The Hall–Kier alpha value is -2.45. The minimum atomic E-state index is -0.275. The summed E-state index contributed by atoms with van der Waals surface area (Å²) in [6.07, 6.45) is 2.51. The molecule has 3 aromatic heterocycles. The fourth-order valence-corrected chi connectivity index (χ4v) is 3.77. The Labute approximate surface area is 142 Å². The monoisotopic (exact) mass is 343 g/mol. The zero-order valence-electron chi connectivity index (χ0n) is 13.2. The molecule has 3 aromatic rings. The Morgan fingerprint density at radius 1 is 1.54 bits per heavy atom. The molecule has 0 fully saturated rings. The number of thiazole rings is 1. The molecule has 0 aromatic carbocycles. The molecule has 7 nitrogen and oxygen atoms in total. The molecule has 0 saturated heterocycles. The molecule has 124 valence electrons. The molecular weight excluding hydrogens is 326 g/mol. The zero-order chi connectivity index (χ0) is 16.5. The van der Waals surface area contributed by atoms with Crippen LogP contribution in [0.3, 0.4) is 0 Å². The summed E-state index contributed by atoms with van der Waals surface area (Å²) in [6, 6.07) is 5.26. The van der Waals surface area contributed by atoms with Crippen molar-refractivity contribution in [2.24, 2.45) is 0 Å². The topological polar surface area (TPSA) is 87.0 Å². The molecule has 0 spiro atoms. The van der Waals surface area contributed by atoms with Gasteiger partial charge in [0.05, 0.1) is 12.0 Å². The second-order valence-electron chi connectivity index (χ2n) is 5.61. The van der Waals surface area contributed by atoms with E-state index in [0.717, 1.165) is 31.7 Å². The van der Waals surface area contributed by atoms with Gasteiger partial charge in [-0.25, -0.2) is 4.98 Å². The molecule has 1 amide bonds. The lowest BCUT2D eigenvalue weighted by Crippen LogP contribution is -2.29. The summed E-state index contributed by atoms with van der Waals surface area (Å²) in [4.78, 5) is 20.5. The van der Waals surface area contributed by atoms with Gasteiger partial charge in [0.1, 0.15) is 5.69 Å². The lowest BCUT2D eigenvalue weighted by molar-refractivity contribution is 0.102. The van der Waals surface area contributed by atoms with Gasteiger partial charge in [0, 0.05) is 30.5 Å². The summed E-state index contributed by atoms with van der Waals surface area (Å²) < 4.78 is 5.29. The molecule has 1 aliphatic heterocycles. The van der Waals surface area contributed by atoms with Gasteiger partial charge in [-0.1, -0.05) is 6.92 Å². The van der Waals surface area contributed by atoms with E-state index in [1.165, 1.54) is 4.88 Å². The summed E-state index contributed by atoms with van der Waals surface area (Å²) in [5.41, 5.74) is 2.07. The number of nitrogens with zero attached hydrogens (tertiary/aromatic N) is 3. The van der Waals surface area contributed by atoms with E-state index in [1.807, 2.05) is 6.07 Å². The van der Waals surface area contributed by atoms with E-state index >= 15 is 0 Å². The number of amides is 1. The van der Waals surface area contributed by atoms with Crippen molar-refractivity contribution in [1.82, 2.24) is 20.1 Å². The van der Waals surface area contributed by atoms with Crippen LogP contribution in [0.1, 0.15) is 28.0 Å². The number of rotatable bonds is 4. The average Bonchev–Trinajstić information content (AvgIpc) is 3.32. The number of carbonyl (C=O) groups excluding carboxylic acids is 1. The van der Waals surface area contributed by atoms with E-state index < -0.39 is 0 Å². The van der Waals surface area contributed by atoms with Gasteiger partial charge in [-0.2, -0.15) is 5.10 Å². The maximum absolute atomic E-state index is 12.4. The van der Waals surface area contributed by atoms with Crippen LogP contribution in [0, 0.1) is 0 Å². The highest BCUT2D eigenvalue weighted by Crippen LogP contribution is 2.28. The van der Waals surface area contributed by atoms with E-state index in [0.29, 0.717) is 22.3 Å². The van der Waals surface area contributed by atoms with Crippen LogP contribution >= 0.6 is 11.3 Å². The van der Waals surface area contributed by atoms with Gasteiger partial charge in [-0.05, 0) is 18.7 Å². The molecule has 4 rings (SSSR count). The SMILES string of the molecule is CCN1CCc2nc(NC(=O)c3cc(-c4ccco4)[nH]n3)sc2C1. The first-order valence-electron chi connectivity index (χ1n) is 7.84. The largest absolute Gasteiger partial charge is 0.463 e. The normalized spacial score (nSPS) is 14.5. The van der Waals surface area contributed by atoms with Crippen molar-refractivity contribution in [2.45, 2.75) is 19.9 Å². The number of aromatic amines is 1. The number of nitrogens with one attached hydrogen (secondary N) is 2. The number of anilines is 1. The van der Waals surface area contributed by atoms with Crippen molar-refractivity contribution in [3.05, 3.63) is 40.7 Å². The summed E-state index contributed by atoms with van der Waals surface area (Å²) >= 11 is 1.54. The molecule has 0 bridgehead atoms. The van der Waals surface area contributed by atoms with Crippen molar-refractivity contribution in [3.8, 4) is 11.5 Å². The second kappa shape index (κ2) is 6.21. The van der Waals surface area contributed by atoms with Gasteiger partial charge >= 0.3 is 0 Å². The number of fused-ring (bicyclic) bond motifs is 1. The minimum absolute atomic E-state index is 0.275. The fourth-order valence-electron chi connectivity index (χ4n) is 2.73. The van der Waals surface area contributed by atoms with Crippen LogP contribution in [0.2, 0.25) is 0 Å². The van der Waals surface area contributed by atoms with Crippen LogP contribution in [0.5, 0.6) is 0 Å². The Balaban J connectivity index is 1.48. The van der Waals surface area contributed by atoms with E-state index in [1.54, 1.807) is 29.7 Å². The first-order valence-corrected chi connectivity index (χ1v) is 8.66. The van der Waals surface area contributed by atoms with Crippen LogP contribution in [-0.4, -0.2) is 39.1 Å². The van der Waals surface area contributed by atoms with Gasteiger partial charge in [0.2, 0.25) is 0 Å². The van der Waals surface area contributed by atoms with Crippen molar-refractivity contribution in [1.29, 1.82) is 0 Å². The Morgan fingerprint density at radius 2 is 2.46 bits per heavy atom. The molecule has 2 N–H and O–H groups in total. The van der Waals surface area contributed by atoms with Crippen LogP contribution in [-0.2, 0) is 13.0 Å². The van der Waals surface area contributed by atoms with Crippen LogP contribution in [0.15, 0.2) is 28.9 Å². The number of hydrogen-bond acceptors (Lipinski definition) is 6. The van der Waals surface area contributed by atoms with Crippen molar-refractivity contribution in [3.63, 3.8) is 0 Å². The fraction of sp³-hybridized carbons (Fsp3) is 0.312. The van der Waals surface area contributed by atoms with Gasteiger partial charge in [-0.3, -0.25) is 20.1 Å². The first-order chi connectivity index (χ1) is 11.7. The molecule has 0 atom stereocenters. The predicted molar refractivity (Wildman–Crippen MR) is 91.0 cm³/mol. The number of hydrogen-bond donors (Lipinski definition) is 2. The van der Waals surface area contributed by atoms with E-state index in [2.05, 4.69) is 32.3 Å². The molecule has 1 aliphatic rings. The maximum Gasteiger partial charge on any atom is 0.277 e. The van der Waals surface area contributed by atoms with E-state index in [-0.39, 0.29) is 5.91 Å². The number of carbonyl (C=O) groups is 1. The highest BCUT2D eigenvalue weighted by atomic mass is 32.1. The summed E-state index contributed by atoms with van der Waals surface area (Å²) in [6.45, 7) is 5.11. The highest BCUT2D eigenvalue weighted by molar-refractivity contribution is 7.15. The third kappa shape index (κ3) is 2.85. The van der Waals surface area contributed by atoms with Crippen LogP contribution in [0.25, 0.3) is 11.5 Å². The third-order valence-corrected chi connectivity index (χ3v) is 5.07. The standard InChI is InChI=1S/C16H17N5O2S/c1-2-21-6-5-10-14(9-21)24-16(17-10)18-15(22)12-8-11(19-20-12)13-4-3-7-23-13/h3-4,7-8H,2,5-6,9H2,1H3,(H,19,20)(H,17,18,22). The maximum atomic E-state index is 12.4. The summed E-state index contributed by atoms with van der Waals surface area (Å²) in [5.74, 6) is 0.369. The van der Waals surface area contributed by atoms with E-state index in [9.17, 15) is 4.79 Å². The van der Waals surface area contributed by atoms with Crippen LogP contribution < -0.4 is 5.32 Å². The summed E-state index contributed by atoms with van der Waals surface area (Å²) in [7, 11) is 0. The Morgan fingerprint density at radius 3 is 3.25 bits per heavy atom. The van der Waals surface area contributed by atoms with Crippen molar-refractivity contribution < 1.29 is 9.21 Å². The summed E-state index contributed by atoms with van der Waals surface area (Å²) in [5, 5.41) is 10.3. The molecule has 0 radical (unpaired) electrons. The Bertz CT molecular complexity index is 852. The van der Waals surface area contributed by atoms with E-state index in [4.69, 9.17) is 4.42 Å². The quantitative estimate of drug-likeness (QED) is 0.760. The molecular formula is C16H17N5O2S. The predicted octanol–water partition coefficient (Wildman–Crippen LogP) is 2.76. The number of likely N-dealkylation sites (N-methyl/N-ethyl adjacent to an activating group) is 1. The van der Waals surface area contributed by atoms with Gasteiger partial charge in [-0.15, -0.1) is 11.3 Å². The average molecular weight is 343 g/mol. The smallest absolute Gasteiger partial charge is 0.277 e. The van der Waals surface area contributed by atoms with Crippen molar-refractivity contribution in [2.75, 3.05) is 18.4 Å². The van der Waals surface area contributed by atoms with Gasteiger partial charge < -0.3 is 4.42 Å². The minimum Gasteiger partial charge on any atom is -0.463 e. The number of H-pyrrole nitrogens is 1. The first kappa shape index (κ1) is 15.1. The molecule has 0 unspecified atom stereocenters. The Kier molecular flexibility index (Phi) is 3.91. The van der Waals surface area contributed by atoms with Crippen molar-refractivity contribution >= 4 is 22.4 Å². The number of aromatic nitrogens is 3. The molecule has 4 heterocycles. The molecule has 8 heteroatoms. The van der Waals surface area contributed by atoms with Gasteiger partial charge in [0.25, 0.3) is 5.91 Å². The lowest BCUT2D eigenvalue weighted by Gasteiger charge is -2.23. The molecule has 0 saturated carbocycles. The van der Waals surface area contributed by atoms with Crippen LogP contribution in [0.4, 0.5) is 5.13 Å². The zero-order valence-corrected chi connectivity index (χ0v) is 14.0. The third-order valence-electron chi connectivity index (χ3n) is 4.08. The lowest BCUT2D eigenvalue weighted by atomic mass is 10.2. The highest BCUT2D eigenvalue weighted by Gasteiger charge is 2.21. The van der Waals surface area contributed by atoms with Gasteiger partial charge in [0.15, 0.2) is 16.6 Å².